The van der Waals surface area contributed by atoms with Gasteiger partial charge in [0.2, 0.25) is 5.91 Å². The number of carbonyl (C=O) groups excluding carboxylic acids is 2. The van der Waals surface area contributed by atoms with Gasteiger partial charge in [-0.3, -0.25) is 9.59 Å². The van der Waals surface area contributed by atoms with E-state index < -0.39 is 0 Å². The summed E-state index contributed by atoms with van der Waals surface area (Å²) in [6, 6.07) is 11.4. The third kappa shape index (κ3) is 4.12. The first-order valence-electron chi connectivity index (χ1n) is 10.3. The van der Waals surface area contributed by atoms with E-state index in [0.717, 1.165) is 37.5 Å². The molecule has 2 saturated heterocycles. The fourth-order valence-corrected chi connectivity index (χ4v) is 4.30. The monoisotopic (exact) mass is 382 g/mol. The second kappa shape index (κ2) is 8.61. The van der Waals surface area contributed by atoms with Gasteiger partial charge in [0.25, 0.3) is 5.91 Å². The van der Waals surface area contributed by atoms with E-state index in [1.165, 1.54) is 24.2 Å². The number of benzene rings is 1. The van der Waals surface area contributed by atoms with Gasteiger partial charge in [0.15, 0.2) is 11.8 Å². The van der Waals surface area contributed by atoms with E-state index in [4.69, 9.17) is 4.42 Å². The highest BCUT2D eigenvalue weighted by Gasteiger charge is 2.29. The predicted molar refractivity (Wildman–Crippen MR) is 106 cm³/mol. The Hall–Kier alpha value is -2.60. The number of furan rings is 1. The molecule has 0 spiro atoms. The molecule has 0 saturated carbocycles. The Morgan fingerprint density at radius 2 is 1.89 bits per heavy atom. The number of rotatable bonds is 6. The number of anilines is 1. The summed E-state index contributed by atoms with van der Waals surface area (Å²) in [7, 11) is 0. The van der Waals surface area contributed by atoms with Gasteiger partial charge in [-0.1, -0.05) is 0 Å². The molecule has 2 aliphatic rings. The number of nitrogens with one attached hydrogen (secondary N) is 2. The molecular formula is C22H28N3O3+. The van der Waals surface area contributed by atoms with Crippen LogP contribution in [0.2, 0.25) is 0 Å². The van der Waals surface area contributed by atoms with Crippen LogP contribution in [0.15, 0.2) is 47.1 Å². The number of amides is 2. The lowest BCUT2D eigenvalue weighted by atomic mass is 10.1. The summed E-state index contributed by atoms with van der Waals surface area (Å²) < 4.78 is 5.66. The highest BCUT2D eigenvalue weighted by Crippen LogP contribution is 2.21. The van der Waals surface area contributed by atoms with Crippen LogP contribution < -0.4 is 15.1 Å². The summed E-state index contributed by atoms with van der Waals surface area (Å²) >= 11 is 0. The van der Waals surface area contributed by atoms with Crippen LogP contribution in [0.3, 0.4) is 0 Å². The molecule has 2 aromatic rings. The Morgan fingerprint density at radius 1 is 1.11 bits per heavy atom. The maximum absolute atomic E-state index is 12.7. The average molecular weight is 382 g/mol. The molecular weight excluding hydrogens is 354 g/mol. The maximum atomic E-state index is 12.7. The van der Waals surface area contributed by atoms with Crippen LogP contribution in [0, 0.1) is 0 Å². The third-order valence-corrected chi connectivity index (χ3v) is 5.86. The van der Waals surface area contributed by atoms with Gasteiger partial charge in [0.05, 0.1) is 25.9 Å². The molecule has 0 bridgehead atoms. The standard InChI is InChI=1S/C22H27N3O3/c26-21-7-4-14-25(21)18-10-8-17(9-11-18)22(27)23-16-19(20-6-5-15-28-20)24-12-2-1-3-13-24/h5-6,8-11,15,19H,1-4,7,12-14,16H2,(H,23,27)/p+1/t19-/m0/s1. The van der Waals surface area contributed by atoms with Gasteiger partial charge in [-0.2, -0.15) is 0 Å². The minimum absolute atomic E-state index is 0.0905. The smallest absolute Gasteiger partial charge is 0.251 e. The number of likely N-dealkylation sites (tertiary alicyclic amines) is 1. The van der Waals surface area contributed by atoms with Gasteiger partial charge in [-0.25, -0.2) is 0 Å². The molecule has 0 radical (unpaired) electrons. The first-order valence-corrected chi connectivity index (χ1v) is 10.3. The summed E-state index contributed by atoms with van der Waals surface area (Å²) in [5.74, 6) is 0.996. The maximum Gasteiger partial charge on any atom is 0.251 e. The Bertz CT molecular complexity index is 795. The molecule has 2 fully saturated rings. The normalized spacial score (nSPS) is 19.0. The van der Waals surface area contributed by atoms with Gasteiger partial charge < -0.3 is 19.5 Å². The van der Waals surface area contributed by atoms with Gasteiger partial charge >= 0.3 is 0 Å². The van der Waals surface area contributed by atoms with Crippen molar-refractivity contribution in [3.63, 3.8) is 0 Å². The molecule has 4 rings (SSSR count). The molecule has 6 nitrogen and oxygen atoms in total. The minimum Gasteiger partial charge on any atom is -0.463 e. The van der Waals surface area contributed by atoms with E-state index in [-0.39, 0.29) is 17.9 Å². The van der Waals surface area contributed by atoms with E-state index in [1.54, 1.807) is 23.3 Å². The highest BCUT2D eigenvalue weighted by atomic mass is 16.3. The zero-order valence-electron chi connectivity index (χ0n) is 16.2. The molecule has 2 amide bonds. The molecule has 2 aliphatic heterocycles. The van der Waals surface area contributed by atoms with Gasteiger partial charge in [0, 0.05) is 24.2 Å². The molecule has 1 aromatic carbocycles. The van der Waals surface area contributed by atoms with Crippen molar-refractivity contribution in [3.05, 3.63) is 54.0 Å². The Morgan fingerprint density at radius 3 is 2.54 bits per heavy atom. The first-order chi connectivity index (χ1) is 13.7. The van der Waals surface area contributed by atoms with Crippen LogP contribution >= 0.6 is 0 Å². The fraction of sp³-hybridized carbons (Fsp3) is 0.455. The number of quaternary nitrogens is 1. The zero-order chi connectivity index (χ0) is 19.3. The largest absolute Gasteiger partial charge is 0.463 e. The summed E-state index contributed by atoms with van der Waals surface area (Å²) in [6.07, 6.45) is 6.93. The number of carbonyl (C=O) groups is 2. The predicted octanol–water partition coefficient (Wildman–Crippen LogP) is 1.95. The van der Waals surface area contributed by atoms with Crippen LogP contribution in [0.1, 0.15) is 54.3 Å². The molecule has 6 heteroatoms. The molecule has 28 heavy (non-hydrogen) atoms. The summed E-state index contributed by atoms with van der Waals surface area (Å²) in [6.45, 7) is 3.53. The second-order valence-electron chi connectivity index (χ2n) is 7.69. The van der Waals surface area contributed by atoms with Gasteiger partial charge in [0.1, 0.15) is 0 Å². The molecule has 1 aromatic heterocycles. The fourth-order valence-electron chi connectivity index (χ4n) is 4.30. The Labute approximate surface area is 165 Å². The van der Waals surface area contributed by atoms with Crippen molar-refractivity contribution in [1.82, 2.24) is 5.32 Å². The van der Waals surface area contributed by atoms with E-state index in [9.17, 15) is 9.59 Å². The van der Waals surface area contributed by atoms with Crippen molar-refractivity contribution < 1.29 is 18.9 Å². The quantitative estimate of drug-likeness (QED) is 0.803. The molecule has 0 aliphatic carbocycles. The third-order valence-electron chi connectivity index (χ3n) is 5.86. The number of nitrogens with zero attached hydrogens (tertiary/aromatic N) is 1. The van der Waals surface area contributed by atoms with Crippen molar-refractivity contribution in [2.45, 2.75) is 38.1 Å². The van der Waals surface area contributed by atoms with Crippen molar-refractivity contribution >= 4 is 17.5 Å². The van der Waals surface area contributed by atoms with E-state index in [0.29, 0.717) is 18.5 Å². The minimum atomic E-state index is -0.0905. The summed E-state index contributed by atoms with van der Waals surface area (Å²) in [5, 5.41) is 3.08. The average Bonchev–Trinajstić information content (AvgIpc) is 3.41. The Kier molecular flexibility index (Phi) is 5.76. The summed E-state index contributed by atoms with van der Waals surface area (Å²) in [4.78, 5) is 27.8. The van der Waals surface area contributed by atoms with Crippen LogP contribution in [0.25, 0.3) is 0 Å². The second-order valence-corrected chi connectivity index (χ2v) is 7.69. The van der Waals surface area contributed by atoms with Crippen molar-refractivity contribution in [1.29, 1.82) is 0 Å². The van der Waals surface area contributed by atoms with Crippen molar-refractivity contribution in [2.75, 3.05) is 31.1 Å². The molecule has 0 unspecified atom stereocenters. The molecule has 3 heterocycles. The number of hydrogen-bond donors (Lipinski definition) is 2. The van der Waals surface area contributed by atoms with Crippen LogP contribution in [-0.2, 0) is 4.79 Å². The van der Waals surface area contributed by atoms with Crippen molar-refractivity contribution in [3.8, 4) is 0 Å². The number of piperidine rings is 1. The molecule has 148 valence electrons. The van der Waals surface area contributed by atoms with Gasteiger partial charge in [-0.15, -0.1) is 0 Å². The lowest BCUT2D eigenvalue weighted by Crippen LogP contribution is -3.13. The van der Waals surface area contributed by atoms with Crippen LogP contribution in [-0.4, -0.2) is 38.0 Å². The van der Waals surface area contributed by atoms with E-state index in [2.05, 4.69) is 5.32 Å². The molecule has 1 atom stereocenters. The summed E-state index contributed by atoms with van der Waals surface area (Å²) in [5.41, 5.74) is 1.48. The topological polar surface area (TPSA) is 67.0 Å². The Balaban J connectivity index is 1.40. The van der Waals surface area contributed by atoms with E-state index >= 15 is 0 Å². The molecule has 2 N–H and O–H groups in total. The highest BCUT2D eigenvalue weighted by molar-refractivity contribution is 5.97. The SMILES string of the molecule is O=C(NC[C@@H](c1ccco1)[NH+]1CCCCC1)c1ccc(N2CCCC2=O)cc1. The van der Waals surface area contributed by atoms with Crippen LogP contribution in [0.4, 0.5) is 5.69 Å². The first kappa shape index (κ1) is 18.7. The zero-order valence-corrected chi connectivity index (χ0v) is 16.2. The number of hydrogen-bond acceptors (Lipinski definition) is 3. The van der Waals surface area contributed by atoms with Crippen molar-refractivity contribution in [2.24, 2.45) is 0 Å². The van der Waals surface area contributed by atoms with E-state index in [1.807, 2.05) is 24.3 Å². The van der Waals surface area contributed by atoms with Gasteiger partial charge in [-0.05, 0) is 62.1 Å². The lowest BCUT2D eigenvalue weighted by molar-refractivity contribution is -0.936. The van der Waals surface area contributed by atoms with Crippen LogP contribution in [0.5, 0.6) is 0 Å². The lowest BCUT2D eigenvalue weighted by Gasteiger charge is -2.30.